The van der Waals surface area contributed by atoms with Gasteiger partial charge in [0.2, 0.25) is 5.91 Å². The fourth-order valence-corrected chi connectivity index (χ4v) is 2.84. The Morgan fingerprint density at radius 2 is 2.05 bits per heavy atom. The van der Waals surface area contributed by atoms with Gasteiger partial charge in [-0.15, -0.1) is 0 Å². The first kappa shape index (κ1) is 17.0. The van der Waals surface area contributed by atoms with Crippen molar-refractivity contribution in [3.63, 3.8) is 0 Å². The van der Waals surface area contributed by atoms with Gasteiger partial charge in [0.05, 0.1) is 12.5 Å². The smallest absolute Gasteiger partial charge is 0.310 e. The summed E-state index contributed by atoms with van der Waals surface area (Å²) in [5.74, 6) is 0.0776. The van der Waals surface area contributed by atoms with Gasteiger partial charge in [0.15, 0.2) is 0 Å². The second-order valence-corrected chi connectivity index (χ2v) is 5.62. The molecule has 0 aromatic carbocycles. The van der Waals surface area contributed by atoms with Crippen molar-refractivity contribution < 1.29 is 14.3 Å². The first-order valence-corrected chi connectivity index (χ1v) is 8.09. The first-order chi connectivity index (χ1) is 9.63. The van der Waals surface area contributed by atoms with Crippen LogP contribution in [-0.4, -0.2) is 36.5 Å². The minimum Gasteiger partial charge on any atom is -0.466 e. The molecule has 0 aromatic rings. The quantitative estimate of drug-likeness (QED) is 0.675. The number of hydrogen-bond donors (Lipinski definition) is 0. The van der Waals surface area contributed by atoms with Crippen LogP contribution in [0.2, 0.25) is 0 Å². The van der Waals surface area contributed by atoms with Crippen LogP contribution in [0.25, 0.3) is 0 Å². The molecule has 2 atom stereocenters. The summed E-state index contributed by atoms with van der Waals surface area (Å²) >= 11 is 0. The predicted molar refractivity (Wildman–Crippen MR) is 79.2 cm³/mol. The summed E-state index contributed by atoms with van der Waals surface area (Å²) in [6.07, 6.45) is 5.81. The molecule has 0 spiro atoms. The highest BCUT2D eigenvalue weighted by molar-refractivity contribution is 5.80. The van der Waals surface area contributed by atoms with E-state index in [9.17, 15) is 9.59 Å². The van der Waals surface area contributed by atoms with Crippen LogP contribution in [0.4, 0.5) is 0 Å². The molecule has 2 unspecified atom stereocenters. The van der Waals surface area contributed by atoms with Gasteiger partial charge in [-0.05, 0) is 32.6 Å². The van der Waals surface area contributed by atoms with E-state index in [0.29, 0.717) is 13.2 Å². The second kappa shape index (κ2) is 8.98. The van der Waals surface area contributed by atoms with Crippen LogP contribution in [0, 0.1) is 11.8 Å². The lowest BCUT2D eigenvalue weighted by atomic mass is 9.93. The van der Waals surface area contributed by atoms with Gasteiger partial charge in [-0.1, -0.05) is 26.7 Å². The Morgan fingerprint density at radius 3 is 2.65 bits per heavy atom. The number of carbonyl (C=O) groups excluding carboxylic acids is 2. The van der Waals surface area contributed by atoms with Gasteiger partial charge in [0.25, 0.3) is 0 Å². The van der Waals surface area contributed by atoms with Crippen molar-refractivity contribution >= 4 is 11.9 Å². The minimum atomic E-state index is -0.147. The Bertz CT molecular complexity index is 317. The van der Waals surface area contributed by atoms with Crippen LogP contribution >= 0.6 is 0 Å². The number of likely N-dealkylation sites (tertiary alicyclic amines) is 1. The van der Waals surface area contributed by atoms with Crippen molar-refractivity contribution in [2.45, 2.75) is 59.3 Å². The SMILES string of the molecule is CCCCC(CC)C(=O)N1CCCC(C(=O)OCC)C1. The van der Waals surface area contributed by atoms with Crippen molar-refractivity contribution in [3.05, 3.63) is 0 Å². The summed E-state index contributed by atoms with van der Waals surface area (Å²) in [4.78, 5) is 26.2. The topological polar surface area (TPSA) is 46.6 Å². The molecule has 20 heavy (non-hydrogen) atoms. The van der Waals surface area contributed by atoms with Gasteiger partial charge in [-0.3, -0.25) is 9.59 Å². The van der Waals surface area contributed by atoms with E-state index >= 15 is 0 Å². The van der Waals surface area contributed by atoms with E-state index in [1.807, 2.05) is 11.8 Å². The number of ether oxygens (including phenoxy) is 1. The average Bonchev–Trinajstić information content (AvgIpc) is 2.48. The molecule has 116 valence electrons. The maximum absolute atomic E-state index is 12.5. The summed E-state index contributed by atoms with van der Waals surface area (Å²) in [6, 6.07) is 0. The highest BCUT2D eigenvalue weighted by Crippen LogP contribution is 2.22. The summed E-state index contributed by atoms with van der Waals surface area (Å²) in [5, 5.41) is 0. The molecule has 1 amide bonds. The van der Waals surface area contributed by atoms with E-state index < -0.39 is 0 Å². The maximum Gasteiger partial charge on any atom is 0.310 e. The predicted octanol–water partition coefficient (Wildman–Crippen LogP) is 3.00. The molecule has 1 aliphatic rings. The number of amides is 1. The van der Waals surface area contributed by atoms with Crippen molar-refractivity contribution in [3.8, 4) is 0 Å². The summed E-state index contributed by atoms with van der Waals surface area (Å²) in [5.41, 5.74) is 0. The third-order valence-corrected chi connectivity index (χ3v) is 4.10. The van der Waals surface area contributed by atoms with Crippen LogP contribution in [0.15, 0.2) is 0 Å². The molecule has 1 saturated heterocycles. The van der Waals surface area contributed by atoms with Crippen LogP contribution < -0.4 is 0 Å². The monoisotopic (exact) mass is 283 g/mol. The number of nitrogens with zero attached hydrogens (tertiary/aromatic N) is 1. The van der Waals surface area contributed by atoms with E-state index in [1.54, 1.807) is 0 Å². The van der Waals surface area contributed by atoms with Crippen molar-refractivity contribution in [2.75, 3.05) is 19.7 Å². The molecule has 0 bridgehead atoms. The van der Waals surface area contributed by atoms with E-state index in [-0.39, 0.29) is 23.7 Å². The van der Waals surface area contributed by atoms with E-state index in [0.717, 1.165) is 45.1 Å². The molecule has 0 aliphatic carbocycles. The summed E-state index contributed by atoms with van der Waals surface area (Å²) in [7, 11) is 0. The van der Waals surface area contributed by atoms with Crippen molar-refractivity contribution in [1.29, 1.82) is 0 Å². The fourth-order valence-electron chi connectivity index (χ4n) is 2.84. The van der Waals surface area contributed by atoms with E-state index in [2.05, 4.69) is 13.8 Å². The van der Waals surface area contributed by atoms with Crippen molar-refractivity contribution in [2.24, 2.45) is 11.8 Å². The largest absolute Gasteiger partial charge is 0.466 e. The van der Waals surface area contributed by atoms with Gasteiger partial charge in [0.1, 0.15) is 0 Å². The van der Waals surface area contributed by atoms with Gasteiger partial charge in [0, 0.05) is 19.0 Å². The van der Waals surface area contributed by atoms with E-state index in [4.69, 9.17) is 4.74 Å². The molecule has 0 saturated carbocycles. The number of unbranched alkanes of at least 4 members (excludes halogenated alkanes) is 1. The molecular weight excluding hydrogens is 254 g/mol. The number of carbonyl (C=O) groups is 2. The fraction of sp³-hybridized carbons (Fsp3) is 0.875. The average molecular weight is 283 g/mol. The van der Waals surface area contributed by atoms with Crippen LogP contribution in [0.1, 0.15) is 59.3 Å². The molecule has 4 heteroatoms. The Labute approximate surface area is 122 Å². The third-order valence-electron chi connectivity index (χ3n) is 4.10. The third kappa shape index (κ3) is 4.80. The zero-order chi connectivity index (χ0) is 15.0. The van der Waals surface area contributed by atoms with Gasteiger partial charge in [-0.25, -0.2) is 0 Å². The molecule has 1 fully saturated rings. The zero-order valence-corrected chi connectivity index (χ0v) is 13.2. The van der Waals surface area contributed by atoms with Gasteiger partial charge >= 0.3 is 5.97 Å². The highest BCUT2D eigenvalue weighted by Gasteiger charge is 2.31. The summed E-state index contributed by atoms with van der Waals surface area (Å²) < 4.78 is 5.08. The maximum atomic E-state index is 12.5. The Kier molecular flexibility index (Phi) is 7.63. The first-order valence-electron chi connectivity index (χ1n) is 8.09. The summed E-state index contributed by atoms with van der Waals surface area (Å²) in [6.45, 7) is 7.79. The normalized spacial score (nSPS) is 20.6. The molecular formula is C16H29NO3. The highest BCUT2D eigenvalue weighted by atomic mass is 16.5. The van der Waals surface area contributed by atoms with E-state index in [1.165, 1.54) is 0 Å². The molecule has 4 nitrogen and oxygen atoms in total. The molecule has 1 aliphatic heterocycles. The Morgan fingerprint density at radius 1 is 1.30 bits per heavy atom. The van der Waals surface area contributed by atoms with Crippen LogP contribution in [0.3, 0.4) is 0 Å². The number of piperidine rings is 1. The molecule has 0 aromatic heterocycles. The van der Waals surface area contributed by atoms with Gasteiger partial charge in [-0.2, -0.15) is 0 Å². The lowest BCUT2D eigenvalue weighted by Crippen LogP contribution is -2.45. The number of esters is 1. The molecule has 0 N–H and O–H groups in total. The lowest BCUT2D eigenvalue weighted by Gasteiger charge is -2.33. The lowest BCUT2D eigenvalue weighted by molar-refractivity contribution is -0.152. The molecule has 1 rings (SSSR count). The molecule has 0 radical (unpaired) electrons. The second-order valence-electron chi connectivity index (χ2n) is 5.62. The van der Waals surface area contributed by atoms with Crippen molar-refractivity contribution in [1.82, 2.24) is 4.90 Å². The number of hydrogen-bond acceptors (Lipinski definition) is 3. The number of rotatable bonds is 7. The minimum absolute atomic E-state index is 0.121. The zero-order valence-electron chi connectivity index (χ0n) is 13.2. The van der Waals surface area contributed by atoms with Gasteiger partial charge < -0.3 is 9.64 Å². The van der Waals surface area contributed by atoms with Crippen LogP contribution in [0.5, 0.6) is 0 Å². The Hall–Kier alpha value is -1.06. The van der Waals surface area contributed by atoms with Crippen LogP contribution in [-0.2, 0) is 14.3 Å². The molecule has 1 heterocycles. The standard InChI is InChI=1S/C16H29NO3/c1-4-7-9-13(5-2)15(18)17-11-8-10-14(12-17)16(19)20-6-3/h13-14H,4-12H2,1-3H3. The Balaban J connectivity index is 2.56.